The second-order valence-corrected chi connectivity index (χ2v) is 7.81. The molecule has 9 heteroatoms. The summed E-state index contributed by atoms with van der Waals surface area (Å²) >= 11 is 0. The van der Waals surface area contributed by atoms with E-state index in [2.05, 4.69) is 24.1 Å². The molecule has 3 aromatic rings. The summed E-state index contributed by atoms with van der Waals surface area (Å²) in [5.41, 5.74) is 1.19. The van der Waals surface area contributed by atoms with E-state index in [0.29, 0.717) is 40.8 Å². The fourth-order valence-corrected chi connectivity index (χ4v) is 3.50. The fraction of sp³-hybridized carbons (Fsp3) is 0.375. The van der Waals surface area contributed by atoms with E-state index >= 15 is 0 Å². The van der Waals surface area contributed by atoms with Crippen molar-refractivity contribution in [3.8, 4) is 28.9 Å². The molecular formula is C24H29N3O6. The first-order chi connectivity index (χ1) is 15.8. The molecule has 0 bridgehead atoms. The van der Waals surface area contributed by atoms with Crippen LogP contribution in [0.3, 0.4) is 0 Å². The van der Waals surface area contributed by atoms with Crippen LogP contribution in [0, 0.1) is 5.92 Å². The van der Waals surface area contributed by atoms with E-state index in [1.54, 1.807) is 17.7 Å². The van der Waals surface area contributed by atoms with Crippen molar-refractivity contribution < 1.29 is 28.8 Å². The highest BCUT2D eigenvalue weighted by atomic mass is 16.5. The van der Waals surface area contributed by atoms with E-state index in [4.69, 9.17) is 18.9 Å². The third-order valence-corrected chi connectivity index (χ3v) is 5.30. The molecule has 0 aliphatic rings. The number of methoxy groups -OCH3 is 4. The van der Waals surface area contributed by atoms with Crippen LogP contribution in [0.15, 0.2) is 40.6 Å². The van der Waals surface area contributed by atoms with Gasteiger partial charge in [0, 0.05) is 11.9 Å². The van der Waals surface area contributed by atoms with Gasteiger partial charge in [-0.05, 0) is 42.7 Å². The van der Waals surface area contributed by atoms with Crippen LogP contribution in [0.5, 0.6) is 28.9 Å². The van der Waals surface area contributed by atoms with E-state index in [-0.39, 0.29) is 17.1 Å². The van der Waals surface area contributed by atoms with Crippen LogP contribution in [0.2, 0.25) is 0 Å². The summed E-state index contributed by atoms with van der Waals surface area (Å²) in [6.07, 6.45) is 0.865. The Bertz CT molecular complexity index is 1160. The molecule has 0 aliphatic heterocycles. The maximum atomic E-state index is 12.8. The summed E-state index contributed by atoms with van der Waals surface area (Å²) in [7, 11) is 5.97. The molecule has 1 amide bonds. The van der Waals surface area contributed by atoms with E-state index < -0.39 is 5.91 Å². The quantitative estimate of drug-likeness (QED) is 0.436. The third kappa shape index (κ3) is 4.87. The minimum atomic E-state index is -0.625. The first-order valence-corrected chi connectivity index (χ1v) is 10.5. The Morgan fingerprint density at radius 1 is 1.00 bits per heavy atom. The summed E-state index contributed by atoms with van der Waals surface area (Å²) in [5, 5.41) is 19.5. The standard InChI is InChI=1S/C24H29N3O6/c1-14(2)9-10-27-18-8-7-16(30-3)13-17(18)21(24(27)29)25-26-23(28)15-11-19(31-4)22(33-6)20(12-15)32-5/h7-8,11-14,29H,9-10H2,1-6H3. The Morgan fingerprint density at radius 2 is 1.67 bits per heavy atom. The molecule has 1 aromatic heterocycles. The molecule has 9 nitrogen and oxygen atoms in total. The van der Waals surface area contributed by atoms with Gasteiger partial charge in [0.15, 0.2) is 17.2 Å². The Morgan fingerprint density at radius 3 is 2.21 bits per heavy atom. The third-order valence-electron chi connectivity index (χ3n) is 5.30. The van der Waals surface area contributed by atoms with Gasteiger partial charge >= 0.3 is 0 Å². The Hall–Kier alpha value is -3.75. The molecule has 1 heterocycles. The number of amides is 1. The van der Waals surface area contributed by atoms with Crippen molar-refractivity contribution in [3.63, 3.8) is 0 Å². The normalized spacial score (nSPS) is 11.4. The number of aryl methyl sites for hydroxylation is 1. The van der Waals surface area contributed by atoms with Gasteiger partial charge in [-0.2, -0.15) is 0 Å². The van der Waals surface area contributed by atoms with Crippen LogP contribution in [-0.4, -0.2) is 44.0 Å². The highest BCUT2D eigenvalue weighted by Gasteiger charge is 2.20. The molecule has 0 aliphatic carbocycles. The van der Waals surface area contributed by atoms with Gasteiger partial charge in [0.1, 0.15) is 5.75 Å². The summed E-state index contributed by atoms with van der Waals surface area (Å²) in [6.45, 7) is 4.83. The minimum absolute atomic E-state index is 0.0552. The molecule has 33 heavy (non-hydrogen) atoms. The molecule has 0 unspecified atom stereocenters. The summed E-state index contributed by atoms with van der Waals surface area (Å²) < 4.78 is 23.0. The number of fused-ring (bicyclic) bond motifs is 1. The lowest BCUT2D eigenvalue weighted by Crippen LogP contribution is -2.01. The molecule has 176 valence electrons. The Kier molecular flexibility index (Phi) is 7.42. The molecular weight excluding hydrogens is 426 g/mol. The Labute approximate surface area is 192 Å². The summed E-state index contributed by atoms with van der Waals surface area (Å²) in [4.78, 5) is 12.8. The zero-order chi connectivity index (χ0) is 24.1. The summed E-state index contributed by atoms with van der Waals surface area (Å²) in [6, 6.07) is 8.43. The van der Waals surface area contributed by atoms with Crippen molar-refractivity contribution in [2.45, 2.75) is 26.8 Å². The fourth-order valence-electron chi connectivity index (χ4n) is 3.50. The Balaban J connectivity index is 2.04. The van der Waals surface area contributed by atoms with Crippen molar-refractivity contribution in [2.75, 3.05) is 28.4 Å². The van der Waals surface area contributed by atoms with Crippen molar-refractivity contribution >= 4 is 22.5 Å². The highest BCUT2D eigenvalue weighted by Crippen LogP contribution is 2.41. The number of azo groups is 1. The molecule has 0 atom stereocenters. The van der Waals surface area contributed by atoms with E-state index in [1.165, 1.54) is 33.5 Å². The number of ether oxygens (including phenoxy) is 4. The molecule has 0 saturated heterocycles. The number of aromatic nitrogens is 1. The molecule has 1 N–H and O–H groups in total. The SMILES string of the molecule is COc1ccc2c(c1)c(N=NC(=O)c1cc(OC)c(OC)c(OC)c1)c(O)n2CCC(C)C. The smallest absolute Gasteiger partial charge is 0.295 e. The summed E-state index contributed by atoms with van der Waals surface area (Å²) in [5.74, 6) is 1.40. The first-order valence-electron chi connectivity index (χ1n) is 10.5. The van der Waals surface area contributed by atoms with Crippen molar-refractivity contribution in [3.05, 3.63) is 35.9 Å². The predicted molar refractivity (Wildman–Crippen MR) is 125 cm³/mol. The second-order valence-electron chi connectivity index (χ2n) is 7.81. The number of carbonyl (C=O) groups excluding carboxylic acids is 1. The molecule has 0 radical (unpaired) electrons. The lowest BCUT2D eigenvalue weighted by molar-refractivity contribution is 0.0994. The molecule has 3 rings (SSSR count). The number of rotatable bonds is 9. The molecule has 0 fully saturated rings. The van der Waals surface area contributed by atoms with Crippen LogP contribution in [0.25, 0.3) is 10.9 Å². The van der Waals surface area contributed by atoms with Crippen LogP contribution < -0.4 is 18.9 Å². The molecule has 0 spiro atoms. The second kappa shape index (κ2) is 10.2. The average molecular weight is 456 g/mol. The lowest BCUT2D eigenvalue weighted by atomic mass is 10.1. The zero-order valence-corrected chi connectivity index (χ0v) is 19.7. The highest BCUT2D eigenvalue weighted by molar-refractivity contribution is 5.98. The monoisotopic (exact) mass is 455 g/mol. The van der Waals surface area contributed by atoms with Crippen molar-refractivity contribution in [2.24, 2.45) is 16.1 Å². The van der Waals surface area contributed by atoms with Gasteiger partial charge in [-0.1, -0.05) is 13.8 Å². The maximum absolute atomic E-state index is 12.8. The number of benzene rings is 2. The largest absolute Gasteiger partial charge is 0.497 e. The van der Waals surface area contributed by atoms with Crippen molar-refractivity contribution in [1.29, 1.82) is 0 Å². The maximum Gasteiger partial charge on any atom is 0.295 e. The average Bonchev–Trinajstić information content (AvgIpc) is 3.09. The van der Waals surface area contributed by atoms with Crippen LogP contribution >= 0.6 is 0 Å². The first kappa shape index (κ1) is 23.9. The molecule has 0 saturated carbocycles. The van der Waals surface area contributed by atoms with E-state index in [9.17, 15) is 9.90 Å². The van der Waals surface area contributed by atoms with Gasteiger partial charge < -0.3 is 28.6 Å². The van der Waals surface area contributed by atoms with Gasteiger partial charge in [0.2, 0.25) is 11.6 Å². The lowest BCUT2D eigenvalue weighted by Gasteiger charge is -2.12. The minimum Gasteiger partial charge on any atom is -0.497 e. The van der Waals surface area contributed by atoms with Gasteiger partial charge in [-0.25, -0.2) is 0 Å². The number of hydrogen-bond acceptors (Lipinski definition) is 7. The molecule has 2 aromatic carbocycles. The van der Waals surface area contributed by atoms with Gasteiger partial charge in [0.25, 0.3) is 5.91 Å². The number of nitrogens with zero attached hydrogens (tertiary/aromatic N) is 3. The number of hydrogen-bond donors (Lipinski definition) is 1. The number of carbonyl (C=O) groups is 1. The van der Waals surface area contributed by atoms with Crippen molar-refractivity contribution in [1.82, 2.24) is 4.57 Å². The van der Waals surface area contributed by atoms with Crippen LogP contribution in [-0.2, 0) is 6.54 Å². The van der Waals surface area contributed by atoms with Crippen LogP contribution in [0.4, 0.5) is 5.69 Å². The van der Waals surface area contributed by atoms with E-state index in [0.717, 1.165) is 11.9 Å². The van der Waals surface area contributed by atoms with Gasteiger partial charge in [0.05, 0.1) is 39.5 Å². The van der Waals surface area contributed by atoms with Gasteiger partial charge in [-0.3, -0.25) is 4.79 Å². The predicted octanol–water partition coefficient (Wildman–Crippen LogP) is 5.35. The van der Waals surface area contributed by atoms with Crippen LogP contribution in [0.1, 0.15) is 30.6 Å². The van der Waals surface area contributed by atoms with Gasteiger partial charge in [-0.15, -0.1) is 10.2 Å². The zero-order valence-electron chi connectivity index (χ0n) is 19.7. The number of aromatic hydroxyl groups is 1. The van der Waals surface area contributed by atoms with E-state index in [1.807, 2.05) is 12.1 Å². The topological polar surface area (TPSA) is 104 Å².